The number of hydrogen-bond donors (Lipinski definition) is 1. The van der Waals surface area contributed by atoms with Crippen LogP contribution in [0.4, 0.5) is 0 Å². The molecule has 3 heterocycles. The van der Waals surface area contributed by atoms with Crippen molar-refractivity contribution in [3.8, 4) is 0 Å². The van der Waals surface area contributed by atoms with E-state index in [0.717, 1.165) is 41.4 Å². The number of likely N-dealkylation sites (tertiary alicyclic amines) is 1. The van der Waals surface area contributed by atoms with Crippen LogP contribution >= 0.6 is 0 Å². The Morgan fingerprint density at radius 3 is 2.73 bits per heavy atom. The minimum absolute atomic E-state index is 0.0214. The Labute approximate surface area is 216 Å². The summed E-state index contributed by atoms with van der Waals surface area (Å²) in [7, 11) is 1.61. The first-order valence-corrected chi connectivity index (χ1v) is 12.6. The number of ether oxygens (including phenoxy) is 1. The van der Waals surface area contributed by atoms with Gasteiger partial charge in [0.25, 0.3) is 5.91 Å². The Kier molecular flexibility index (Phi) is 8.50. The van der Waals surface area contributed by atoms with E-state index in [1.54, 1.807) is 12.0 Å². The monoisotopic (exact) mass is 506 g/mol. The van der Waals surface area contributed by atoms with Gasteiger partial charge in [0.2, 0.25) is 5.82 Å². The van der Waals surface area contributed by atoms with Crippen LogP contribution in [0.5, 0.6) is 0 Å². The number of rotatable bonds is 9. The van der Waals surface area contributed by atoms with Crippen LogP contribution in [0.2, 0.25) is 0 Å². The number of hydrogen-bond acceptors (Lipinski definition) is 7. The maximum absolute atomic E-state index is 12.9. The largest absolute Gasteiger partial charge is 0.383 e. The highest BCUT2D eigenvalue weighted by Gasteiger charge is 2.28. The van der Waals surface area contributed by atoms with E-state index in [2.05, 4.69) is 15.5 Å². The standard InChI is InChI=1S/C27H34N6O4/c1-5-7-20(6-2)24-29-26(37-31-24)27(35)32-13-10-19(11-14-32)16-33-17-22-18(3)21(8-9-23(22)30-33)25(34)28-12-15-36-4/h5-9,17,19H,10-16H2,1-4H3,(H,28,34)/b7-5-,20-6+. The van der Waals surface area contributed by atoms with E-state index in [0.29, 0.717) is 43.5 Å². The van der Waals surface area contributed by atoms with Crippen molar-refractivity contribution in [2.45, 2.75) is 40.2 Å². The van der Waals surface area contributed by atoms with Crippen molar-refractivity contribution in [1.82, 2.24) is 30.1 Å². The molecule has 1 N–H and O–H groups in total. The van der Waals surface area contributed by atoms with Gasteiger partial charge in [-0.15, -0.1) is 0 Å². The molecule has 0 saturated carbocycles. The van der Waals surface area contributed by atoms with Gasteiger partial charge >= 0.3 is 11.8 Å². The molecule has 37 heavy (non-hydrogen) atoms. The normalized spacial score (nSPS) is 15.1. The zero-order chi connectivity index (χ0) is 26.4. The molecule has 0 unspecified atom stereocenters. The molecule has 1 fully saturated rings. The summed E-state index contributed by atoms with van der Waals surface area (Å²) in [6.07, 6.45) is 9.37. The summed E-state index contributed by atoms with van der Waals surface area (Å²) in [5.41, 5.74) is 3.23. The van der Waals surface area contributed by atoms with Crippen LogP contribution in [0.25, 0.3) is 16.5 Å². The average molecular weight is 507 g/mol. The Morgan fingerprint density at radius 2 is 2.03 bits per heavy atom. The smallest absolute Gasteiger partial charge is 0.316 e. The average Bonchev–Trinajstić information content (AvgIpc) is 3.55. The van der Waals surface area contributed by atoms with Crippen LogP contribution < -0.4 is 5.32 Å². The third-order valence-electron chi connectivity index (χ3n) is 6.71. The van der Waals surface area contributed by atoms with Crippen LogP contribution in [0, 0.1) is 12.8 Å². The lowest BCUT2D eigenvalue weighted by Crippen LogP contribution is -2.39. The minimum atomic E-state index is -0.232. The van der Waals surface area contributed by atoms with Crippen LogP contribution in [-0.2, 0) is 11.3 Å². The number of carbonyl (C=O) groups excluding carboxylic acids is 2. The summed E-state index contributed by atoms with van der Waals surface area (Å²) in [5, 5.41) is 12.5. The molecule has 1 aliphatic rings. The summed E-state index contributed by atoms with van der Waals surface area (Å²) in [6, 6.07) is 3.71. The molecule has 2 amide bonds. The van der Waals surface area contributed by atoms with Crippen LogP contribution in [0.3, 0.4) is 0 Å². The molecule has 0 atom stereocenters. The maximum atomic E-state index is 12.9. The SMILES string of the molecule is C/C=C\C(=C/C)c1noc(C(=O)N2CCC(Cn3cc4c(C)c(C(=O)NCCOC)ccc4n3)CC2)n1. The Morgan fingerprint density at radius 1 is 1.24 bits per heavy atom. The molecule has 0 spiro atoms. The van der Waals surface area contributed by atoms with Gasteiger partial charge in [-0.3, -0.25) is 14.3 Å². The zero-order valence-corrected chi connectivity index (χ0v) is 21.9. The first-order valence-electron chi connectivity index (χ1n) is 12.6. The van der Waals surface area contributed by atoms with Gasteiger partial charge in [-0.05, 0) is 57.2 Å². The Bertz CT molecular complexity index is 1310. The van der Waals surface area contributed by atoms with E-state index in [4.69, 9.17) is 14.4 Å². The summed E-state index contributed by atoms with van der Waals surface area (Å²) in [4.78, 5) is 31.5. The molecule has 0 radical (unpaired) electrons. The van der Waals surface area contributed by atoms with Crippen molar-refractivity contribution in [3.63, 3.8) is 0 Å². The molecule has 3 aromatic rings. The van der Waals surface area contributed by atoms with Crippen LogP contribution in [0.1, 0.15) is 59.1 Å². The molecule has 0 bridgehead atoms. The van der Waals surface area contributed by atoms with E-state index >= 15 is 0 Å². The van der Waals surface area contributed by atoms with Gasteiger partial charge in [0, 0.05) is 56.0 Å². The van der Waals surface area contributed by atoms with Gasteiger partial charge in [-0.2, -0.15) is 10.1 Å². The molecule has 10 nitrogen and oxygen atoms in total. The summed E-state index contributed by atoms with van der Waals surface area (Å²) in [6.45, 7) is 8.69. The number of fused-ring (bicyclic) bond motifs is 1. The Hall–Kier alpha value is -3.79. The van der Waals surface area contributed by atoms with Gasteiger partial charge in [-0.1, -0.05) is 23.4 Å². The highest BCUT2D eigenvalue weighted by Crippen LogP contribution is 2.25. The molecule has 1 saturated heterocycles. The molecule has 196 valence electrons. The third-order valence-corrected chi connectivity index (χ3v) is 6.71. The van der Waals surface area contributed by atoms with Gasteiger partial charge in [0.15, 0.2) is 0 Å². The van der Waals surface area contributed by atoms with Crippen molar-refractivity contribution >= 4 is 28.3 Å². The topological polar surface area (TPSA) is 115 Å². The third kappa shape index (κ3) is 5.96. The van der Waals surface area contributed by atoms with Gasteiger partial charge in [0.1, 0.15) is 0 Å². The fourth-order valence-electron chi connectivity index (χ4n) is 4.61. The van der Waals surface area contributed by atoms with Crippen molar-refractivity contribution in [2.24, 2.45) is 5.92 Å². The van der Waals surface area contributed by atoms with Crippen molar-refractivity contribution in [1.29, 1.82) is 0 Å². The van der Waals surface area contributed by atoms with E-state index in [1.165, 1.54) is 0 Å². The number of nitrogens with one attached hydrogen (secondary N) is 1. The number of aryl methyl sites for hydroxylation is 1. The molecule has 4 rings (SSSR count). The summed E-state index contributed by atoms with van der Waals surface area (Å²) in [5.74, 6) is 0.477. The number of allylic oxidation sites excluding steroid dienone is 4. The van der Waals surface area contributed by atoms with Crippen molar-refractivity contribution in [3.05, 3.63) is 59.4 Å². The molecular weight excluding hydrogens is 472 g/mol. The second-order valence-electron chi connectivity index (χ2n) is 9.17. The Balaban J connectivity index is 1.36. The second-order valence-corrected chi connectivity index (χ2v) is 9.17. The lowest BCUT2D eigenvalue weighted by atomic mass is 9.97. The zero-order valence-electron chi connectivity index (χ0n) is 21.9. The lowest BCUT2D eigenvalue weighted by Gasteiger charge is -2.30. The number of nitrogens with zero attached hydrogens (tertiary/aromatic N) is 5. The molecule has 2 aromatic heterocycles. The van der Waals surface area contributed by atoms with Gasteiger partial charge < -0.3 is 19.5 Å². The number of piperidine rings is 1. The number of amides is 2. The molecule has 1 aromatic carbocycles. The highest BCUT2D eigenvalue weighted by molar-refractivity contribution is 6.00. The van der Waals surface area contributed by atoms with Gasteiger partial charge in [0.05, 0.1) is 12.1 Å². The van der Waals surface area contributed by atoms with E-state index < -0.39 is 0 Å². The first-order chi connectivity index (χ1) is 17.9. The fourth-order valence-corrected chi connectivity index (χ4v) is 4.61. The van der Waals surface area contributed by atoms with Crippen LogP contribution in [-0.4, -0.2) is 70.0 Å². The lowest BCUT2D eigenvalue weighted by molar-refractivity contribution is 0.0631. The van der Waals surface area contributed by atoms with Crippen molar-refractivity contribution < 1.29 is 18.8 Å². The van der Waals surface area contributed by atoms with E-state index in [1.807, 2.05) is 62.0 Å². The molecular formula is C27H34N6O4. The van der Waals surface area contributed by atoms with Crippen LogP contribution in [0.15, 0.2) is 41.1 Å². The number of methoxy groups -OCH3 is 1. The number of carbonyl (C=O) groups is 2. The maximum Gasteiger partial charge on any atom is 0.316 e. The predicted octanol–water partition coefficient (Wildman–Crippen LogP) is 3.64. The highest BCUT2D eigenvalue weighted by atomic mass is 16.5. The predicted molar refractivity (Wildman–Crippen MR) is 140 cm³/mol. The van der Waals surface area contributed by atoms with E-state index in [-0.39, 0.29) is 17.7 Å². The molecule has 0 aliphatic carbocycles. The quantitative estimate of drug-likeness (QED) is 0.348. The second kappa shape index (κ2) is 12.0. The minimum Gasteiger partial charge on any atom is -0.383 e. The summed E-state index contributed by atoms with van der Waals surface area (Å²) < 4.78 is 12.2. The fraction of sp³-hybridized carbons (Fsp3) is 0.444. The number of benzene rings is 1. The summed E-state index contributed by atoms with van der Waals surface area (Å²) >= 11 is 0. The van der Waals surface area contributed by atoms with Gasteiger partial charge in [-0.25, -0.2) is 0 Å². The first kappa shape index (κ1) is 26.3. The molecule has 10 heteroatoms. The number of aromatic nitrogens is 4. The molecule has 1 aliphatic heterocycles. The van der Waals surface area contributed by atoms with Crippen molar-refractivity contribution in [2.75, 3.05) is 33.4 Å². The van der Waals surface area contributed by atoms with E-state index in [9.17, 15) is 9.59 Å².